The Morgan fingerprint density at radius 1 is 1.35 bits per heavy atom. The Balaban J connectivity index is 2.23. The molecule has 0 bridgehead atoms. The van der Waals surface area contributed by atoms with E-state index in [-0.39, 0.29) is 18.5 Å². The number of benzene rings is 1. The number of nitrogens with one attached hydrogen (secondary N) is 1. The zero-order valence-electron chi connectivity index (χ0n) is 11.1. The summed E-state index contributed by atoms with van der Waals surface area (Å²) >= 11 is 6.14. The van der Waals surface area contributed by atoms with Crippen LogP contribution in [0.15, 0.2) is 36.5 Å². The predicted octanol–water partition coefficient (Wildman–Crippen LogP) is 3.93. The molecular formula is C15H16ClFN2O. The second-order valence-corrected chi connectivity index (χ2v) is 4.89. The largest absolute Gasteiger partial charge is 0.392 e. The van der Waals surface area contributed by atoms with E-state index in [2.05, 4.69) is 10.3 Å². The minimum absolute atomic E-state index is 0.0442. The van der Waals surface area contributed by atoms with Gasteiger partial charge in [-0.1, -0.05) is 24.6 Å². The highest BCUT2D eigenvalue weighted by Crippen LogP contribution is 2.28. The van der Waals surface area contributed by atoms with E-state index in [1.165, 1.54) is 12.3 Å². The van der Waals surface area contributed by atoms with Gasteiger partial charge in [-0.25, -0.2) is 4.39 Å². The first kappa shape index (κ1) is 14.8. The Morgan fingerprint density at radius 3 is 2.75 bits per heavy atom. The van der Waals surface area contributed by atoms with Crippen molar-refractivity contribution in [2.45, 2.75) is 26.0 Å². The van der Waals surface area contributed by atoms with Gasteiger partial charge in [-0.15, -0.1) is 0 Å². The third-order valence-electron chi connectivity index (χ3n) is 3.06. The fraction of sp³-hybridized carbons (Fsp3) is 0.267. The summed E-state index contributed by atoms with van der Waals surface area (Å²) < 4.78 is 12.9. The van der Waals surface area contributed by atoms with Crippen LogP contribution in [0.3, 0.4) is 0 Å². The number of hydrogen-bond acceptors (Lipinski definition) is 3. The lowest BCUT2D eigenvalue weighted by Gasteiger charge is -2.19. The van der Waals surface area contributed by atoms with Crippen molar-refractivity contribution in [1.82, 2.24) is 4.98 Å². The van der Waals surface area contributed by atoms with Crippen LogP contribution in [0.5, 0.6) is 0 Å². The Labute approximate surface area is 122 Å². The van der Waals surface area contributed by atoms with Crippen LogP contribution in [0.4, 0.5) is 10.1 Å². The average Bonchev–Trinajstić information content (AvgIpc) is 2.47. The minimum Gasteiger partial charge on any atom is -0.392 e. The summed E-state index contributed by atoms with van der Waals surface area (Å²) in [5.41, 5.74) is 2.26. The summed E-state index contributed by atoms with van der Waals surface area (Å²) in [6, 6.07) is 8.28. The van der Waals surface area contributed by atoms with Gasteiger partial charge in [0, 0.05) is 0 Å². The third-order valence-corrected chi connectivity index (χ3v) is 3.39. The van der Waals surface area contributed by atoms with Gasteiger partial charge in [-0.05, 0) is 36.2 Å². The van der Waals surface area contributed by atoms with Crippen molar-refractivity contribution in [2.24, 2.45) is 0 Å². The number of aliphatic hydroxyl groups excluding tert-OH is 1. The van der Waals surface area contributed by atoms with Crippen LogP contribution < -0.4 is 5.32 Å². The molecule has 1 heterocycles. The summed E-state index contributed by atoms with van der Waals surface area (Å²) in [6.45, 7) is 1.96. The molecule has 0 amide bonds. The topological polar surface area (TPSA) is 45.1 Å². The Morgan fingerprint density at radius 2 is 2.15 bits per heavy atom. The smallest absolute Gasteiger partial charge is 0.141 e. The van der Waals surface area contributed by atoms with Gasteiger partial charge in [0.05, 0.1) is 35.2 Å². The first-order valence-electron chi connectivity index (χ1n) is 6.41. The van der Waals surface area contributed by atoms with Crippen molar-refractivity contribution < 1.29 is 9.50 Å². The Hall–Kier alpha value is -1.65. The van der Waals surface area contributed by atoms with Gasteiger partial charge in [0.1, 0.15) is 5.82 Å². The van der Waals surface area contributed by atoms with Crippen LogP contribution in [-0.2, 0) is 6.61 Å². The lowest BCUT2D eigenvalue weighted by molar-refractivity contribution is 0.282. The van der Waals surface area contributed by atoms with Crippen LogP contribution in [-0.4, -0.2) is 10.1 Å². The van der Waals surface area contributed by atoms with E-state index in [0.29, 0.717) is 5.02 Å². The number of rotatable bonds is 5. The molecule has 1 atom stereocenters. The van der Waals surface area contributed by atoms with Crippen LogP contribution in [0.25, 0.3) is 0 Å². The molecular weight excluding hydrogens is 279 g/mol. The molecule has 2 aromatic rings. The summed E-state index contributed by atoms with van der Waals surface area (Å²) in [7, 11) is 0. The first-order valence-corrected chi connectivity index (χ1v) is 6.79. The molecule has 0 saturated heterocycles. The number of halogens is 2. The van der Waals surface area contributed by atoms with E-state index in [1.54, 1.807) is 24.3 Å². The standard InChI is InChI=1S/C15H16ClFN2O/c1-2-13(14-6-4-11(17)8-18-14)19-15-7-10(9-20)3-5-12(15)16/h3-8,13,19-20H,2,9H2,1H3. The van der Waals surface area contributed by atoms with Crippen molar-refractivity contribution in [2.75, 3.05) is 5.32 Å². The highest BCUT2D eigenvalue weighted by atomic mass is 35.5. The van der Waals surface area contributed by atoms with Crippen LogP contribution in [0.1, 0.15) is 30.6 Å². The normalized spacial score (nSPS) is 12.2. The molecule has 0 saturated carbocycles. The number of anilines is 1. The fourth-order valence-corrected chi connectivity index (χ4v) is 2.12. The molecule has 5 heteroatoms. The van der Waals surface area contributed by atoms with Gasteiger partial charge in [0.15, 0.2) is 0 Å². The predicted molar refractivity (Wildman–Crippen MR) is 78.2 cm³/mol. The lowest BCUT2D eigenvalue weighted by atomic mass is 10.1. The van der Waals surface area contributed by atoms with E-state index >= 15 is 0 Å². The van der Waals surface area contributed by atoms with E-state index in [4.69, 9.17) is 16.7 Å². The molecule has 0 fully saturated rings. The summed E-state index contributed by atoms with van der Waals surface area (Å²) in [4.78, 5) is 4.09. The molecule has 0 radical (unpaired) electrons. The molecule has 2 N–H and O–H groups in total. The SMILES string of the molecule is CCC(Nc1cc(CO)ccc1Cl)c1ccc(F)cn1. The minimum atomic E-state index is -0.357. The van der Waals surface area contributed by atoms with Gasteiger partial charge < -0.3 is 10.4 Å². The van der Waals surface area contributed by atoms with E-state index in [1.807, 2.05) is 6.92 Å². The maximum absolute atomic E-state index is 12.9. The van der Waals surface area contributed by atoms with E-state index in [0.717, 1.165) is 23.4 Å². The molecule has 0 aliphatic rings. The van der Waals surface area contributed by atoms with Crippen molar-refractivity contribution >= 4 is 17.3 Å². The van der Waals surface area contributed by atoms with Crippen LogP contribution in [0, 0.1) is 5.82 Å². The third kappa shape index (κ3) is 3.46. The molecule has 1 unspecified atom stereocenters. The maximum Gasteiger partial charge on any atom is 0.141 e. The number of aliphatic hydroxyl groups is 1. The maximum atomic E-state index is 12.9. The monoisotopic (exact) mass is 294 g/mol. The zero-order valence-corrected chi connectivity index (χ0v) is 11.9. The zero-order chi connectivity index (χ0) is 14.5. The second kappa shape index (κ2) is 6.68. The van der Waals surface area contributed by atoms with Crippen molar-refractivity contribution in [3.8, 4) is 0 Å². The molecule has 0 aliphatic carbocycles. The van der Waals surface area contributed by atoms with E-state index < -0.39 is 0 Å². The second-order valence-electron chi connectivity index (χ2n) is 4.48. The molecule has 20 heavy (non-hydrogen) atoms. The van der Waals surface area contributed by atoms with E-state index in [9.17, 15) is 4.39 Å². The average molecular weight is 295 g/mol. The summed E-state index contributed by atoms with van der Waals surface area (Å²) in [6.07, 6.45) is 1.98. The van der Waals surface area contributed by atoms with Crippen LogP contribution in [0.2, 0.25) is 5.02 Å². The van der Waals surface area contributed by atoms with Crippen LogP contribution >= 0.6 is 11.6 Å². The highest BCUT2D eigenvalue weighted by Gasteiger charge is 2.12. The van der Waals surface area contributed by atoms with Crippen molar-refractivity contribution in [3.63, 3.8) is 0 Å². The fourth-order valence-electron chi connectivity index (χ4n) is 1.95. The number of hydrogen-bond donors (Lipinski definition) is 2. The van der Waals surface area contributed by atoms with Crippen molar-refractivity contribution in [3.05, 3.63) is 58.6 Å². The molecule has 2 rings (SSSR count). The summed E-state index contributed by atoms with van der Waals surface area (Å²) in [5.74, 6) is -0.357. The van der Waals surface area contributed by atoms with Gasteiger partial charge >= 0.3 is 0 Å². The molecule has 1 aromatic carbocycles. The first-order chi connectivity index (χ1) is 9.63. The van der Waals surface area contributed by atoms with Gasteiger partial charge in [0.2, 0.25) is 0 Å². The molecule has 3 nitrogen and oxygen atoms in total. The number of aromatic nitrogens is 1. The molecule has 1 aromatic heterocycles. The molecule has 0 spiro atoms. The van der Waals surface area contributed by atoms with Gasteiger partial charge in [-0.3, -0.25) is 4.98 Å². The number of pyridine rings is 1. The van der Waals surface area contributed by atoms with Crippen molar-refractivity contribution in [1.29, 1.82) is 0 Å². The van der Waals surface area contributed by atoms with Gasteiger partial charge in [-0.2, -0.15) is 0 Å². The summed E-state index contributed by atoms with van der Waals surface area (Å²) in [5, 5.41) is 13.0. The molecule has 106 valence electrons. The number of nitrogens with zero attached hydrogens (tertiary/aromatic N) is 1. The highest BCUT2D eigenvalue weighted by molar-refractivity contribution is 6.33. The Bertz CT molecular complexity index is 575. The molecule has 0 aliphatic heterocycles. The quantitative estimate of drug-likeness (QED) is 0.878. The Kier molecular flexibility index (Phi) is 4.93. The van der Waals surface area contributed by atoms with Gasteiger partial charge in [0.25, 0.3) is 0 Å². The lowest BCUT2D eigenvalue weighted by Crippen LogP contribution is -2.12.